The Morgan fingerprint density at radius 1 is 1.29 bits per heavy atom. The average Bonchev–Trinajstić information content (AvgIpc) is 3.12. The Kier molecular flexibility index (Phi) is 4.57. The van der Waals surface area contributed by atoms with Crippen LogP contribution in [0.5, 0.6) is 5.88 Å². The lowest BCUT2D eigenvalue weighted by molar-refractivity contribution is 0.0515. The summed E-state index contributed by atoms with van der Waals surface area (Å²) in [4.78, 5) is 31.2. The lowest BCUT2D eigenvalue weighted by Gasteiger charge is -2.31. The van der Waals surface area contributed by atoms with E-state index in [0.717, 1.165) is 24.2 Å². The molecular weight excluding hydrogens is 360 g/mol. The molecule has 1 aliphatic heterocycles. The first-order chi connectivity index (χ1) is 13.5. The van der Waals surface area contributed by atoms with Gasteiger partial charge in [-0.15, -0.1) is 5.10 Å². The zero-order valence-electron chi connectivity index (χ0n) is 15.5. The molecule has 10 heteroatoms. The van der Waals surface area contributed by atoms with Gasteiger partial charge >= 0.3 is 0 Å². The third-order valence-electron chi connectivity index (χ3n) is 4.52. The average molecular weight is 378 g/mol. The fraction of sp³-hybridized carbons (Fsp3) is 0.389. The van der Waals surface area contributed by atoms with Crippen molar-refractivity contribution in [2.24, 2.45) is 0 Å². The van der Waals surface area contributed by atoms with Gasteiger partial charge in [0.2, 0.25) is 11.5 Å². The lowest BCUT2D eigenvalue weighted by atomic mass is 10.1. The summed E-state index contributed by atoms with van der Waals surface area (Å²) in [5.41, 5.74) is 1.81. The molecule has 1 aliphatic rings. The van der Waals surface area contributed by atoms with Gasteiger partial charge in [0.25, 0.3) is 17.6 Å². The molecule has 10 nitrogen and oxygen atoms in total. The predicted octanol–water partition coefficient (Wildman–Crippen LogP) is 1.09. The van der Waals surface area contributed by atoms with E-state index in [0.29, 0.717) is 18.9 Å². The molecule has 0 radical (unpaired) electrons. The molecular formula is C18H18N8O2. The van der Waals surface area contributed by atoms with Crippen LogP contribution in [0, 0.1) is 25.2 Å². The van der Waals surface area contributed by atoms with Gasteiger partial charge < -0.3 is 9.64 Å². The van der Waals surface area contributed by atoms with Crippen molar-refractivity contribution in [3.05, 3.63) is 41.4 Å². The van der Waals surface area contributed by atoms with Gasteiger partial charge in [0.1, 0.15) is 12.2 Å². The van der Waals surface area contributed by atoms with Crippen LogP contribution < -0.4 is 4.74 Å². The van der Waals surface area contributed by atoms with E-state index >= 15 is 0 Å². The largest absolute Gasteiger partial charge is 0.470 e. The van der Waals surface area contributed by atoms with Gasteiger partial charge in [-0.2, -0.15) is 10.2 Å². The molecule has 3 aromatic rings. The van der Waals surface area contributed by atoms with Crippen molar-refractivity contribution in [2.75, 3.05) is 13.1 Å². The Bertz CT molecular complexity index is 1090. The van der Waals surface area contributed by atoms with Gasteiger partial charge in [-0.1, -0.05) is 0 Å². The molecule has 1 amide bonds. The Balaban J connectivity index is 1.52. The number of likely N-dealkylation sites (tertiary alicyclic amines) is 1. The first-order valence-electron chi connectivity index (χ1n) is 8.93. The number of ether oxygens (including phenoxy) is 1. The smallest absolute Gasteiger partial charge is 0.293 e. The summed E-state index contributed by atoms with van der Waals surface area (Å²) in [6.45, 7) is 4.72. The summed E-state index contributed by atoms with van der Waals surface area (Å²) in [7, 11) is 0. The van der Waals surface area contributed by atoms with Crippen LogP contribution >= 0.6 is 0 Å². The lowest BCUT2D eigenvalue weighted by Crippen LogP contribution is -2.44. The number of rotatable bonds is 3. The predicted molar refractivity (Wildman–Crippen MR) is 96.6 cm³/mol. The maximum Gasteiger partial charge on any atom is 0.293 e. The number of aromatic nitrogens is 6. The molecule has 28 heavy (non-hydrogen) atoms. The second-order valence-corrected chi connectivity index (χ2v) is 6.64. The molecule has 1 atom stereocenters. The molecule has 3 aromatic heterocycles. The number of fused-ring (bicyclic) bond motifs is 1. The van der Waals surface area contributed by atoms with Crippen LogP contribution in [0.4, 0.5) is 0 Å². The van der Waals surface area contributed by atoms with Crippen LogP contribution in [0.2, 0.25) is 0 Å². The van der Waals surface area contributed by atoms with Crippen LogP contribution in [0.15, 0.2) is 18.5 Å². The fourth-order valence-corrected chi connectivity index (χ4v) is 3.26. The van der Waals surface area contributed by atoms with Crippen LogP contribution in [-0.2, 0) is 0 Å². The van der Waals surface area contributed by atoms with Crippen LogP contribution in [-0.4, -0.2) is 59.6 Å². The SMILES string of the molecule is Cc1cc(C)n2nc(C(=O)N3CCC[C@@H](Oc4nccnc4C#N)C3)nc2n1. The second-order valence-electron chi connectivity index (χ2n) is 6.64. The third kappa shape index (κ3) is 3.34. The van der Waals surface area contributed by atoms with E-state index in [9.17, 15) is 4.79 Å². The Morgan fingerprint density at radius 3 is 2.93 bits per heavy atom. The van der Waals surface area contributed by atoms with Gasteiger partial charge in [0, 0.05) is 30.3 Å². The van der Waals surface area contributed by atoms with E-state index in [1.165, 1.54) is 12.4 Å². The standard InChI is InChI=1S/C18H18N8O2/c1-11-8-12(2)26-18(22-11)23-15(24-26)17(27)25-7-3-4-13(10-25)28-16-14(9-19)20-5-6-21-16/h5-6,8,13H,3-4,7,10H2,1-2H3/t13-/m1/s1. The van der Waals surface area contributed by atoms with E-state index in [-0.39, 0.29) is 29.4 Å². The highest BCUT2D eigenvalue weighted by atomic mass is 16.5. The van der Waals surface area contributed by atoms with Gasteiger partial charge in [-0.3, -0.25) is 4.79 Å². The number of nitrogens with zero attached hydrogens (tertiary/aromatic N) is 8. The molecule has 1 saturated heterocycles. The van der Waals surface area contributed by atoms with E-state index in [4.69, 9.17) is 10.00 Å². The number of aryl methyl sites for hydroxylation is 2. The maximum absolute atomic E-state index is 12.9. The van der Waals surface area contributed by atoms with Gasteiger partial charge in [0.05, 0.1) is 6.54 Å². The van der Waals surface area contributed by atoms with Gasteiger partial charge in [-0.25, -0.2) is 19.5 Å². The van der Waals surface area contributed by atoms with E-state index < -0.39 is 0 Å². The molecule has 4 rings (SSSR count). The van der Waals surface area contributed by atoms with Crippen molar-refractivity contribution in [3.63, 3.8) is 0 Å². The minimum absolute atomic E-state index is 0.110. The quantitative estimate of drug-likeness (QED) is 0.664. The van der Waals surface area contributed by atoms with Gasteiger partial charge in [0.15, 0.2) is 0 Å². The Hall–Kier alpha value is -3.61. The van der Waals surface area contributed by atoms with Crippen molar-refractivity contribution in [1.82, 2.24) is 34.4 Å². The maximum atomic E-state index is 12.9. The number of carbonyl (C=O) groups is 1. The molecule has 0 unspecified atom stereocenters. The Labute approximate surface area is 160 Å². The molecule has 0 saturated carbocycles. The number of hydrogen-bond donors (Lipinski definition) is 0. The van der Waals surface area contributed by atoms with E-state index in [2.05, 4.69) is 25.0 Å². The molecule has 4 heterocycles. The normalized spacial score (nSPS) is 16.8. The van der Waals surface area contributed by atoms with Gasteiger partial charge in [-0.05, 0) is 32.8 Å². The number of piperidine rings is 1. The van der Waals surface area contributed by atoms with E-state index in [1.807, 2.05) is 26.0 Å². The van der Waals surface area contributed by atoms with Crippen molar-refractivity contribution < 1.29 is 9.53 Å². The monoisotopic (exact) mass is 378 g/mol. The number of carbonyl (C=O) groups excluding carboxylic acids is 1. The third-order valence-corrected chi connectivity index (χ3v) is 4.52. The van der Waals surface area contributed by atoms with Crippen LogP contribution in [0.25, 0.3) is 5.78 Å². The van der Waals surface area contributed by atoms with Crippen LogP contribution in [0.1, 0.15) is 40.5 Å². The summed E-state index contributed by atoms with van der Waals surface area (Å²) in [6, 6.07) is 3.84. The van der Waals surface area contributed by atoms with Crippen molar-refractivity contribution in [3.8, 4) is 11.9 Å². The van der Waals surface area contributed by atoms with Crippen LogP contribution in [0.3, 0.4) is 0 Å². The summed E-state index contributed by atoms with van der Waals surface area (Å²) < 4.78 is 7.41. The minimum atomic E-state index is -0.277. The molecule has 0 aromatic carbocycles. The van der Waals surface area contributed by atoms with Crippen molar-refractivity contribution >= 4 is 11.7 Å². The van der Waals surface area contributed by atoms with E-state index in [1.54, 1.807) is 9.42 Å². The molecule has 0 bridgehead atoms. The molecule has 0 spiro atoms. The summed E-state index contributed by atoms with van der Waals surface area (Å²) >= 11 is 0. The molecule has 1 fully saturated rings. The highest BCUT2D eigenvalue weighted by Gasteiger charge is 2.29. The zero-order chi connectivity index (χ0) is 19.7. The number of amides is 1. The molecule has 142 valence electrons. The topological polar surface area (TPSA) is 122 Å². The zero-order valence-corrected chi connectivity index (χ0v) is 15.5. The first-order valence-corrected chi connectivity index (χ1v) is 8.93. The summed E-state index contributed by atoms with van der Waals surface area (Å²) in [6.07, 6.45) is 4.15. The molecule has 0 N–H and O–H groups in total. The highest BCUT2D eigenvalue weighted by molar-refractivity contribution is 5.91. The minimum Gasteiger partial charge on any atom is -0.470 e. The number of nitriles is 1. The summed E-state index contributed by atoms with van der Waals surface area (Å²) in [5, 5.41) is 13.4. The second kappa shape index (κ2) is 7.19. The fourth-order valence-electron chi connectivity index (χ4n) is 3.26. The Morgan fingerprint density at radius 2 is 2.11 bits per heavy atom. The van der Waals surface area contributed by atoms with Crippen molar-refractivity contribution in [2.45, 2.75) is 32.8 Å². The van der Waals surface area contributed by atoms with Crippen molar-refractivity contribution in [1.29, 1.82) is 5.26 Å². The summed E-state index contributed by atoms with van der Waals surface area (Å²) in [5.74, 6) is 0.434. The number of hydrogen-bond acceptors (Lipinski definition) is 8. The highest BCUT2D eigenvalue weighted by Crippen LogP contribution is 2.19. The molecule has 0 aliphatic carbocycles. The first kappa shape index (κ1) is 17.8.